The maximum Gasteiger partial charge on any atom is 0.233 e. The first kappa shape index (κ1) is 11.7. The van der Waals surface area contributed by atoms with Crippen LogP contribution in [0.15, 0.2) is 41.0 Å². The molecule has 5 heteroatoms. The lowest BCUT2D eigenvalue weighted by Crippen LogP contribution is -1.95. The number of aromatic nitrogens is 1. The van der Waals surface area contributed by atoms with Crippen LogP contribution < -0.4 is 15.2 Å². The number of benzene rings is 1. The van der Waals surface area contributed by atoms with Crippen molar-refractivity contribution in [1.82, 2.24) is 4.98 Å². The van der Waals surface area contributed by atoms with Gasteiger partial charge in [-0.15, -0.1) is 0 Å². The first-order chi connectivity index (χ1) is 8.20. The summed E-state index contributed by atoms with van der Waals surface area (Å²) in [7, 11) is 1.59. The second kappa shape index (κ2) is 5.05. The molecule has 0 amide bonds. The quantitative estimate of drug-likeness (QED) is 0.883. The molecule has 2 N–H and O–H groups in total. The number of pyridine rings is 1. The minimum absolute atomic E-state index is 0.465. The molecule has 0 fully saturated rings. The summed E-state index contributed by atoms with van der Waals surface area (Å²) in [5.41, 5.74) is 6.35. The van der Waals surface area contributed by atoms with Crippen LogP contribution in [0.2, 0.25) is 0 Å². The van der Waals surface area contributed by atoms with E-state index in [2.05, 4.69) is 20.9 Å². The van der Waals surface area contributed by atoms with Crippen molar-refractivity contribution in [3.8, 4) is 17.4 Å². The van der Waals surface area contributed by atoms with Crippen LogP contribution in [0.3, 0.4) is 0 Å². The molecular weight excluding hydrogens is 284 g/mol. The highest BCUT2D eigenvalue weighted by Gasteiger charge is 2.07. The Balaban J connectivity index is 2.32. The second-order valence-electron chi connectivity index (χ2n) is 3.30. The molecule has 0 bridgehead atoms. The Hall–Kier alpha value is -1.75. The summed E-state index contributed by atoms with van der Waals surface area (Å²) in [5, 5.41) is 0. The molecule has 1 heterocycles. The van der Waals surface area contributed by atoms with Crippen molar-refractivity contribution in [2.45, 2.75) is 0 Å². The normalized spacial score (nSPS) is 10.0. The maximum absolute atomic E-state index is 5.82. The minimum atomic E-state index is 0.465. The Bertz CT molecular complexity index is 532. The molecule has 17 heavy (non-hydrogen) atoms. The van der Waals surface area contributed by atoms with Gasteiger partial charge in [0, 0.05) is 12.3 Å². The lowest BCUT2D eigenvalue weighted by molar-refractivity contribution is 0.407. The van der Waals surface area contributed by atoms with Crippen LogP contribution in [-0.4, -0.2) is 12.1 Å². The average Bonchev–Trinajstić information content (AvgIpc) is 2.35. The highest BCUT2D eigenvalue weighted by atomic mass is 79.9. The number of halogens is 1. The molecule has 0 saturated heterocycles. The highest BCUT2D eigenvalue weighted by Crippen LogP contribution is 2.33. The molecule has 0 aliphatic rings. The Morgan fingerprint density at radius 2 is 2.12 bits per heavy atom. The molecule has 88 valence electrons. The molecule has 0 spiro atoms. The summed E-state index contributed by atoms with van der Waals surface area (Å²) < 4.78 is 11.5. The number of rotatable bonds is 3. The number of anilines is 1. The molecule has 0 atom stereocenters. The van der Waals surface area contributed by atoms with E-state index in [0.717, 1.165) is 4.47 Å². The van der Waals surface area contributed by atoms with Crippen molar-refractivity contribution in [3.05, 3.63) is 41.0 Å². The number of hydrogen-bond acceptors (Lipinski definition) is 4. The summed E-state index contributed by atoms with van der Waals surface area (Å²) in [5.74, 6) is 1.66. The summed E-state index contributed by atoms with van der Waals surface area (Å²) in [6.07, 6.45) is 1.65. The van der Waals surface area contributed by atoms with Gasteiger partial charge < -0.3 is 15.2 Å². The van der Waals surface area contributed by atoms with Gasteiger partial charge in [0.1, 0.15) is 5.75 Å². The van der Waals surface area contributed by atoms with E-state index in [1.54, 1.807) is 31.5 Å². The van der Waals surface area contributed by atoms with E-state index >= 15 is 0 Å². The Labute approximate surface area is 108 Å². The zero-order chi connectivity index (χ0) is 12.3. The van der Waals surface area contributed by atoms with E-state index < -0.39 is 0 Å². The van der Waals surface area contributed by atoms with Crippen LogP contribution in [0.1, 0.15) is 0 Å². The Kier molecular flexibility index (Phi) is 3.49. The van der Waals surface area contributed by atoms with Crippen LogP contribution in [-0.2, 0) is 0 Å². The van der Waals surface area contributed by atoms with Gasteiger partial charge in [-0.05, 0) is 40.2 Å². The summed E-state index contributed by atoms with van der Waals surface area (Å²) in [6, 6.07) is 8.88. The molecule has 1 aromatic carbocycles. The number of nitrogens with zero attached hydrogens (tertiary/aromatic N) is 1. The highest BCUT2D eigenvalue weighted by molar-refractivity contribution is 9.10. The van der Waals surface area contributed by atoms with E-state index in [1.165, 1.54) is 0 Å². The molecule has 0 saturated carbocycles. The average molecular weight is 295 g/mol. The zero-order valence-electron chi connectivity index (χ0n) is 9.18. The Morgan fingerprint density at radius 1 is 1.29 bits per heavy atom. The molecule has 0 unspecified atom stereocenters. The first-order valence-electron chi connectivity index (χ1n) is 4.92. The van der Waals surface area contributed by atoms with Gasteiger partial charge in [0.05, 0.1) is 17.3 Å². The predicted octanol–water partition coefficient (Wildman–Crippen LogP) is 3.23. The van der Waals surface area contributed by atoms with Crippen molar-refractivity contribution in [2.24, 2.45) is 0 Å². The van der Waals surface area contributed by atoms with Crippen LogP contribution in [0.5, 0.6) is 17.4 Å². The fourth-order valence-corrected chi connectivity index (χ4v) is 1.62. The van der Waals surface area contributed by atoms with Crippen molar-refractivity contribution in [1.29, 1.82) is 0 Å². The van der Waals surface area contributed by atoms with Crippen LogP contribution in [0, 0.1) is 0 Å². The van der Waals surface area contributed by atoms with E-state index in [9.17, 15) is 0 Å². The topological polar surface area (TPSA) is 57.4 Å². The molecule has 2 aromatic rings. The second-order valence-corrected chi connectivity index (χ2v) is 4.15. The molecule has 0 radical (unpaired) electrons. The van der Waals surface area contributed by atoms with E-state index in [-0.39, 0.29) is 0 Å². The van der Waals surface area contributed by atoms with Crippen LogP contribution >= 0.6 is 15.9 Å². The molecule has 4 nitrogen and oxygen atoms in total. The smallest absolute Gasteiger partial charge is 0.233 e. The van der Waals surface area contributed by atoms with Crippen molar-refractivity contribution in [2.75, 3.05) is 12.8 Å². The van der Waals surface area contributed by atoms with Gasteiger partial charge in [-0.2, -0.15) is 0 Å². The SMILES string of the molecule is COc1ccc(N)c(Oc2ncccc2Br)c1. The van der Waals surface area contributed by atoms with Gasteiger partial charge >= 0.3 is 0 Å². The van der Waals surface area contributed by atoms with Crippen molar-refractivity contribution < 1.29 is 9.47 Å². The van der Waals surface area contributed by atoms with Gasteiger partial charge in [0.25, 0.3) is 0 Å². The fraction of sp³-hybridized carbons (Fsp3) is 0.0833. The van der Waals surface area contributed by atoms with E-state index in [0.29, 0.717) is 23.1 Å². The number of nitrogen functional groups attached to an aromatic ring is 1. The van der Waals surface area contributed by atoms with E-state index in [4.69, 9.17) is 15.2 Å². The lowest BCUT2D eigenvalue weighted by Gasteiger charge is -2.10. The van der Waals surface area contributed by atoms with Crippen LogP contribution in [0.4, 0.5) is 5.69 Å². The maximum atomic E-state index is 5.82. The molecule has 2 rings (SSSR count). The Morgan fingerprint density at radius 3 is 2.82 bits per heavy atom. The minimum Gasteiger partial charge on any atom is -0.497 e. The van der Waals surface area contributed by atoms with Gasteiger partial charge in [0.15, 0.2) is 5.75 Å². The number of nitrogens with two attached hydrogens (primary N) is 1. The third-order valence-electron chi connectivity index (χ3n) is 2.15. The monoisotopic (exact) mass is 294 g/mol. The molecule has 0 aliphatic heterocycles. The summed E-state index contributed by atoms with van der Waals surface area (Å²) in [4.78, 5) is 4.10. The standard InChI is InChI=1S/C12H11BrN2O2/c1-16-8-4-5-10(14)11(7-8)17-12-9(13)3-2-6-15-12/h2-7H,14H2,1H3. The largest absolute Gasteiger partial charge is 0.497 e. The van der Waals surface area contributed by atoms with Gasteiger partial charge in [-0.3, -0.25) is 0 Å². The van der Waals surface area contributed by atoms with Crippen molar-refractivity contribution >= 4 is 21.6 Å². The molecule has 1 aromatic heterocycles. The third kappa shape index (κ3) is 2.68. The molecular formula is C12H11BrN2O2. The van der Waals surface area contributed by atoms with Gasteiger partial charge in [0.2, 0.25) is 5.88 Å². The lowest BCUT2D eigenvalue weighted by atomic mass is 10.3. The summed E-state index contributed by atoms with van der Waals surface area (Å²) >= 11 is 3.35. The van der Waals surface area contributed by atoms with Gasteiger partial charge in [-0.1, -0.05) is 0 Å². The number of methoxy groups -OCH3 is 1. The zero-order valence-corrected chi connectivity index (χ0v) is 10.8. The predicted molar refractivity (Wildman–Crippen MR) is 69.4 cm³/mol. The first-order valence-corrected chi connectivity index (χ1v) is 5.72. The number of hydrogen-bond donors (Lipinski definition) is 1. The van der Waals surface area contributed by atoms with Gasteiger partial charge in [-0.25, -0.2) is 4.98 Å². The van der Waals surface area contributed by atoms with Crippen molar-refractivity contribution in [3.63, 3.8) is 0 Å². The van der Waals surface area contributed by atoms with E-state index in [1.807, 2.05) is 12.1 Å². The molecule has 0 aliphatic carbocycles. The third-order valence-corrected chi connectivity index (χ3v) is 2.76. The van der Waals surface area contributed by atoms with Crippen LogP contribution in [0.25, 0.3) is 0 Å². The summed E-state index contributed by atoms with van der Waals surface area (Å²) in [6.45, 7) is 0. The number of ether oxygens (including phenoxy) is 2. The fourth-order valence-electron chi connectivity index (χ4n) is 1.28.